The van der Waals surface area contributed by atoms with Crippen molar-refractivity contribution in [2.45, 2.75) is 18.3 Å². The molecule has 4 nitrogen and oxygen atoms in total. The minimum Gasteiger partial charge on any atom is -0.367 e. The molecular formula is C10H15N3O. The maximum Gasteiger partial charge on any atom is 0.244 e. The number of hydrogen-bond acceptors (Lipinski definition) is 2. The summed E-state index contributed by atoms with van der Waals surface area (Å²) in [5, 5.41) is 1.69. The highest BCUT2D eigenvalue weighted by Gasteiger charge is 2.51. The summed E-state index contributed by atoms with van der Waals surface area (Å²) in [6, 6.07) is 1.97. The van der Waals surface area contributed by atoms with Gasteiger partial charge in [0.1, 0.15) is 0 Å². The topological polar surface area (TPSA) is 48.1 Å². The zero-order valence-corrected chi connectivity index (χ0v) is 8.50. The van der Waals surface area contributed by atoms with Gasteiger partial charge in [-0.2, -0.15) is 0 Å². The second kappa shape index (κ2) is 3.13. The lowest BCUT2D eigenvalue weighted by atomic mass is 9.98. The van der Waals surface area contributed by atoms with Crippen LogP contribution in [0.5, 0.6) is 0 Å². The molecule has 4 heteroatoms. The first-order chi connectivity index (χ1) is 6.65. The summed E-state index contributed by atoms with van der Waals surface area (Å²) in [4.78, 5) is 14.9. The highest BCUT2D eigenvalue weighted by atomic mass is 16.2. The summed E-state index contributed by atoms with van der Waals surface area (Å²) in [7, 11) is 3.65. The Hall–Kier alpha value is -1.29. The van der Waals surface area contributed by atoms with Crippen molar-refractivity contribution in [2.24, 2.45) is 0 Å². The van der Waals surface area contributed by atoms with E-state index in [2.05, 4.69) is 10.4 Å². The zero-order chi connectivity index (χ0) is 10.2. The van der Waals surface area contributed by atoms with Crippen LogP contribution >= 0.6 is 0 Å². The number of hydrazine groups is 1. The third-order valence-corrected chi connectivity index (χ3v) is 2.66. The maximum atomic E-state index is 11.9. The molecule has 0 atom stereocenters. The molecule has 1 aliphatic carbocycles. The standard InChI is InChI=1S/C10H15N3O/c1-13(2)12-9(14)10(4-5-10)8-3-6-11-7-8/h3,6-7,11H,4-5H2,1-2H3,(H,12,14). The summed E-state index contributed by atoms with van der Waals surface area (Å²) in [5.74, 6) is 0.0992. The van der Waals surface area contributed by atoms with Crippen molar-refractivity contribution in [3.63, 3.8) is 0 Å². The number of aromatic nitrogens is 1. The number of hydrogen-bond donors (Lipinski definition) is 2. The molecule has 0 unspecified atom stereocenters. The van der Waals surface area contributed by atoms with Crippen LogP contribution in [0.15, 0.2) is 18.5 Å². The Kier molecular flexibility index (Phi) is 2.07. The molecule has 0 radical (unpaired) electrons. The predicted molar refractivity (Wildman–Crippen MR) is 53.5 cm³/mol. The fraction of sp³-hybridized carbons (Fsp3) is 0.500. The Morgan fingerprint density at radius 3 is 2.71 bits per heavy atom. The molecule has 2 rings (SSSR count). The molecule has 1 amide bonds. The molecule has 76 valence electrons. The monoisotopic (exact) mass is 193 g/mol. The van der Waals surface area contributed by atoms with E-state index in [0.29, 0.717) is 0 Å². The Bertz CT molecular complexity index is 325. The van der Waals surface area contributed by atoms with Gasteiger partial charge in [-0.15, -0.1) is 0 Å². The summed E-state index contributed by atoms with van der Waals surface area (Å²) >= 11 is 0. The molecule has 0 aromatic carbocycles. The van der Waals surface area contributed by atoms with Gasteiger partial charge >= 0.3 is 0 Å². The molecule has 0 aliphatic heterocycles. The number of rotatable bonds is 3. The van der Waals surface area contributed by atoms with E-state index in [-0.39, 0.29) is 11.3 Å². The minimum atomic E-state index is -0.260. The van der Waals surface area contributed by atoms with Crippen LogP contribution in [-0.2, 0) is 10.2 Å². The van der Waals surface area contributed by atoms with Crippen molar-refractivity contribution < 1.29 is 4.79 Å². The molecule has 1 aliphatic rings. The van der Waals surface area contributed by atoms with Crippen molar-refractivity contribution in [1.29, 1.82) is 0 Å². The molecule has 1 saturated carbocycles. The molecule has 1 fully saturated rings. The highest BCUT2D eigenvalue weighted by Crippen LogP contribution is 2.48. The first-order valence-corrected chi connectivity index (χ1v) is 4.77. The van der Waals surface area contributed by atoms with Gasteiger partial charge in [0.15, 0.2) is 0 Å². The van der Waals surface area contributed by atoms with Gasteiger partial charge < -0.3 is 4.98 Å². The largest absolute Gasteiger partial charge is 0.367 e. The first kappa shape index (κ1) is 9.27. The summed E-state index contributed by atoms with van der Waals surface area (Å²) < 4.78 is 0. The van der Waals surface area contributed by atoms with Crippen molar-refractivity contribution in [3.05, 3.63) is 24.0 Å². The molecule has 0 spiro atoms. The molecule has 1 aromatic rings. The molecule has 1 heterocycles. The van der Waals surface area contributed by atoms with Gasteiger partial charge in [-0.3, -0.25) is 10.2 Å². The molecule has 0 saturated heterocycles. The lowest BCUT2D eigenvalue weighted by Gasteiger charge is -2.18. The van der Waals surface area contributed by atoms with Gasteiger partial charge in [0.25, 0.3) is 0 Å². The molecule has 0 bridgehead atoms. The van der Waals surface area contributed by atoms with E-state index in [1.54, 1.807) is 5.01 Å². The first-order valence-electron chi connectivity index (χ1n) is 4.77. The normalized spacial score (nSPS) is 18.2. The Labute approximate surface area is 83.3 Å². The number of carbonyl (C=O) groups is 1. The van der Waals surface area contributed by atoms with Gasteiger partial charge in [0.2, 0.25) is 5.91 Å². The summed E-state index contributed by atoms with van der Waals surface area (Å²) in [6.07, 6.45) is 5.66. The average molecular weight is 193 g/mol. The van der Waals surface area contributed by atoms with E-state index in [1.807, 2.05) is 32.6 Å². The SMILES string of the molecule is CN(C)NC(=O)C1(c2cc[nH]c2)CC1. The number of H-pyrrole nitrogens is 1. The number of nitrogens with one attached hydrogen (secondary N) is 2. The Balaban J connectivity index is 2.14. The molecular weight excluding hydrogens is 178 g/mol. The van der Waals surface area contributed by atoms with E-state index in [9.17, 15) is 4.79 Å². The van der Waals surface area contributed by atoms with E-state index in [0.717, 1.165) is 18.4 Å². The van der Waals surface area contributed by atoms with Crippen LogP contribution in [0.4, 0.5) is 0 Å². The Morgan fingerprint density at radius 2 is 2.29 bits per heavy atom. The minimum absolute atomic E-state index is 0.0992. The lowest BCUT2D eigenvalue weighted by Crippen LogP contribution is -2.42. The summed E-state index contributed by atoms with van der Waals surface area (Å²) in [5.41, 5.74) is 3.65. The van der Waals surface area contributed by atoms with Crippen LogP contribution in [0.2, 0.25) is 0 Å². The molecule has 1 aromatic heterocycles. The van der Waals surface area contributed by atoms with Gasteiger partial charge in [-0.05, 0) is 24.5 Å². The number of carbonyl (C=O) groups excluding carboxylic acids is 1. The second-order valence-electron chi connectivity index (χ2n) is 4.02. The number of nitrogens with zero attached hydrogens (tertiary/aromatic N) is 1. The van der Waals surface area contributed by atoms with Crippen LogP contribution in [-0.4, -0.2) is 30.0 Å². The lowest BCUT2D eigenvalue weighted by molar-refractivity contribution is -0.127. The van der Waals surface area contributed by atoms with E-state index >= 15 is 0 Å². The van der Waals surface area contributed by atoms with Gasteiger partial charge in [-0.1, -0.05) is 0 Å². The van der Waals surface area contributed by atoms with E-state index in [4.69, 9.17) is 0 Å². The van der Waals surface area contributed by atoms with Crippen molar-refractivity contribution in [3.8, 4) is 0 Å². The fourth-order valence-electron chi connectivity index (χ4n) is 1.70. The summed E-state index contributed by atoms with van der Waals surface area (Å²) in [6.45, 7) is 0. The van der Waals surface area contributed by atoms with Crippen LogP contribution in [0.3, 0.4) is 0 Å². The van der Waals surface area contributed by atoms with Crippen molar-refractivity contribution in [1.82, 2.24) is 15.4 Å². The predicted octanol–water partition coefficient (Wildman–Crippen LogP) is 0.639. The van der Waals surface area contributed by atoms with Gasteiger partial charge in [-0.25, -0.2) is 5.01 Å². The van der Waals surface area contributed by atoms with Crippen molar-refractivity contribution in [2.75, 3.05) is 14.1 Å². The Morgan fingerprint density at radius 1 is 1.57 bits per heavy atom. The highest BCUT2D eigenvalue weighted by molar-refractivity contribution is 5.90. The maximum absolute atomic E-state index is 11.9. The third-order valence-electron chi connectivity index (χ3n) is 2.66. The molecule has 14 heavy (non-hydrogen) atoms. The second-order valence-corrected chi connectivity index (χ2v) is 4.02. The molecule has 2 N–H and O–H groups in total. The van der Waals surface area contributed by atoms with Gasteiger partial charge in [0, 0.05) is 26.5 Å². The number of amides is 1. The number of aromatic amines is 1. The van der Waals surface area contributed by atoms with Crippen molar-refractivity contribution >= 4 is 5.91 Å². The van der Waals surface area contributed by atoms with E-state index < -0.39 is 0 Å². The van der Waals surface area contributed by atoms with Crippen LogP contribution in [0.1, 0.15) is 18.4 Å². The quantitative estimate of drug-likeness (QED) is 0.692. The van der Waals surface area contributed by atoms with Crippen LogP contribution in [0, 0.1) is 0 Å². The third kappa shape index (κ3) is 1.42. The smallest absolute Gasteiger partial charge is 0.244 e. The zero-order valence-electron chi connectivity index (χ0n) is 8.50. The van der Waals surface area contributed by atoms with Gasteiger partial charge in [0.05, 0.1) is 5.41 Å². The average Bonchev–Trinajstić information content (AvgIpc) is 2.74. The van der Waals surface area contributed by atoms with Crippen LogP contribution < -0.4 is 5.43 Å². The fourth-order valence-corrected chi connectivity index (χ4v) is 1.70. The van der Waals surface area contributed by atoms with Crippen LogP contribution in [0.25, 0.3) is 0 Å². The van der Waals surface area contributed by atoms with E-state index in [1.165, 1.54) is 0 Å².